The van der Waals surface area contributed by atoms with E-state index in [-0.39, 0.29) is 6.04 Å². The number of hydrogen-bond donors (Lipinski definition) is 1. The molecule has 21 heavy (non-hydrogen) atoms. The third kappa shape index (κ3) is 2.95. The molecular formula is C15H25N5O. The molecule has 0 saturated heterocycles. The van der Waals surface area contributed by atoms with Gasteiger partial charge in [0.1, 0.15) is 5.69 Å². The Kier molecular flexibility index (Phi) is 4.37. The van der Waals surface area contributed by atoms with Crippen LogP contribution >= 0.6 is 0 Å². The second-order valence-corrected chi connectivity index (χ2v) is 5.59. The van der Waals surface area contributed by atoms with Gasteiger partial charge in [0, 0.05) is 25.7 Å². The number of nitrogens with zero attached hydrogens (tertiary/aromatic N) is 4. The van der Waals surface area contributed by atoms with Crippen LogP contribution in [0.1, 0.15) is 36.0 Å². The van der Waals surface area contributed by atoms with E-state index in [1.165, 1.54) is 0 Å². The minimum Gasteiger partial charge on any atom is -0.435 e. The van der Waals surface area contributed by atoms with Crippen molar-refractivity contribution in [3.63, 3.8) is 0 Å². The van der Waals surface area contributed by atoms with Crippen LogP contribution in [-0.4, -0.2) is 25.6 Å². The summed E-state index contributed by atoms with van der Waals surface area (Å²) in [5, 5.41) is 8.86. The Morgan fingerprint density at radius 2 is 1.71 bits per heavy atom. The van der Waals surface area contributed by atoms with Gasteiger partial charge in [-0.25, -0.2) is 4.68 Å². The molecule has 2 rings (SSSR count). The van der Waals surface area contributed by atoms with Crippen LogP contribution in [0.5, 0.6) is 11.6 Å². The number of hydrogen-bond acceptors (Lipinski definition) is 4. The van der Waals surface area contributed by atoms with Gasteiger partial charge in [-0.1, -0.05) is 6.92 Å². The summed E-state index contributed by atoms with van der Waals surface area (Å²) in [6.45, 7) is 8.03. The standard InChI is InChI=1S/C15H25N5O/c1-7-12(16)8-13-9(2)17-20(6)15(13)21-14-10(3)18-19(5)11(14)4/h12H,7-8,16H2,1-6H3. The molecule has 0 fully saturated rings. The summed E-state index contributed by atoms with van der Waals surface area (Å²) in [5.41, 5.74) is 10.0. The summed E-state index contributed by atoms with van der Waals surface area (Å²) in [5.74, 6) is 1.56. The van der Waals surface area contributed by atoms with Crippen LogP contribution in [0.4, 0.5) is 0 Å². The van der Waals surface area contributed by atoms with Crippen molar-refractivity contribution in [1.82, 2.24) is 19.6 Å². The van der Waals surface area contributed by atoms with E-state index in [9.17, 15) is 0 Å². The van der Waals surface area contributed by atoms with E-state index in [2.05, 4.69) is 17.1 Å². The lowest BCUT2D eigenvalue weighted by atomic mass is 10.1. The summed E-state index contributed by atoms with van der Waals surface area (Å²) in [7, 11) is 3.81. The van der Waals surface area contributed by atoms with Crippen LogP contribution in [0.2, 0.25) is 0 Å². The van der Waals surface area contributed by atoms with E-state index in [4.69, 9.17) is 10.5 Å². The minimum absolute atomic E-state index is 0.117. The van der Waals surface area contributed by atoms with Gasteiger partial charge in [-0.15, -0.1) is 0 Å². The van der Waals surface area contributed by atoms with Gasteiger partial charge in [-0.2, -0.15) is 10.2 Å². The first-order chi connectivity index (χ1) is 9.85. The SMILES string of the molecule is CCC(N)Cc1c(C)nn(C)c1Oc1c(C)nn(C)c1C. The Morgan fingerprint density at radius 1 is 1.10 bits per heavy atom. The molecule has 116 valence electrons. The van der Waals surface area contributed by atoms with Crippen molar-refractivity contribution < 1.29 is 4.74 Å². The van der Waals surface area contributed by atoms with Crippen LogP contribution in [-0.2, 0) is 20.5 Å². The normalized spacial score (nSPS) is 12.7. The quantitative estimate of drug-likeness (QED) is 0.916. The lowest BCUT2D eigenvalue weighted by Crippen LogP contribution is -2.21. The van der Waals surface area contributed by atoms with Gasteiger partial charge >= 0.3 is 0 Å². The zero-order valence-electron chi connectivity index (χ0n) is 13.8. The van der Waals surface area contributed by atoms with Gasteiger partial charge in [0.05, 0.1) is 11.4 Å². The number of rotatable bonds is 5. The highest BCUT2D eigenvalue weighted by Crippen LogP contribution is 2.32. The summed E-state index contributed by atoms with van der Waals surface area (Å²) in [6, 6.07) is 0.117. The van der Waals surface area contributed by atoms with Crippen molar-refractivity contribution in [2.24, 2.45) is 19.8 Å². The van der Waals surface area contributed by atoms with Crippen molar-refractivity contribution in [2.45, 2.75) is 46.6 Å². The first-order valence-corrected chi connectivity index (χ1v) is 7.31. The molecule has 0 saturated carbocycles. The molecule has 0 spiro atoms. The highest BCUT2D eigenvalue weighted by atomic mass is 16.5. The lowest BCUT2D eigenvalue weighted by Gasteiger charge is -2.12. The third-order valence-corrected chi connectivity index (χ3v) is 3.92. The summed E-state index contributed by atoms with van der Waals surface area (Å²) < 4.78 is 9.75. The van der Waals surface area contributed by atoms with Crippen molar-refractivity contribution in [3.8, 4) is 11.6 Å². The predicted molar refractivity (Wildman–Crippen MR) is 82.7 cm³/mol. The lowest BCUT2D eigenvalue weighted by molar-refractivity contribution is 0.417. The Balaban J connectivity index is 2.39. The van der Waals surface area contributed by atoms with Crippen LogP contribution < -0.4 is 10.5 Å². The highest BCUT2D eigenvalue weighted by molar-refractivity contribution is 5.40. The van der Waals surface area contributed by atoms with Crippen LogP contribution in [0.25, 0.3) is 0 Å². The van der Waals surface area contributed by atoms with E-state index < -0.39 is 0 Å². The number of nitrogens with two attached hydrogens (primary N) is 1. The van der Waals surface area contributed by atoms with E-state index in [0.29, 0.717) is 0 Å². The molecule has 0 radical (unpaired) electrons. The molecule has 0 aliphatic heterocycles. The number of aromatic nitrogens is 4. The smallest absolute Gasteiger partial charge is 0.221 e. The first kappa shape index (κ1) is 15.6. The van der Waals surface area contributed by atoms with Crippen molar-refractivity contribution in [1.29, 1.82) is 0 Å². The van der Waals surface area contributed by atoms with Gasteiger partial charge in [0.2, 0.25) is 5.88 Å². The molecule has 0 aromatic carbocycles. The van der Waals surface area contributed by atoms with E-state index >= 15 is 0 Å². The number of ether oxygens (including phenoxy) is 1. The van der Waals surface area contributed by atoms with Gasteiger partial charge in [0.15, 0.2) is 5.75 Å². The zero-order chi connectivity index (χ0) is 15.7. The Hall–Kier alpha value is -1.82. The molecule has 1 unspecified atom stereocenters. The molecule has 0 aliphatic rings. The third-order valence-electron chi connectivity index (χ3n) is 3.92. The average molecular weight is 291 g/mol. The average Bonchev–Trinajstić information content (AvgIpc) is 2.82. The molecule has 2 aromatic heterocycles. The molecule has 0 bridgehead atoms. The second-order valence-electron chi connectivity index (χ2n) is 5.59. The molecule has 0 aliphatic carbocycles. The fraction of sp³-hybridized carbons (Fsp3) is 0.600. The molecule has 2 heterocycles. The highest BCUT2D eigenvalue weighted by Gasteiger charge is 2.20. The summed E-state index contributed by atoms with van der Waals surface area (Å²) in [4.78, 5) is 0. The van der Waals surface area contributed by atoms with Crippen molar-refractivity contribution in [3.05, 3.63) is 22.6 Å². The summed E-state index contributed by atoms with van der Waals surface area (Å²) in [6.07, 6.45) is 1.70. The molecule has 0 amide bonds. The monoisotopic (exact) mass is 291 g/mol. The molecular weight excluding hydrogens is 266 g/mol. The largest absolute Gasteiger partial charge is 0.435 e. The summed E-state index contributed by atoms with van der Waals surface area (Å²) >= 11 is 0. The fourth-order valence-electron chi connectivity index (χ4n) is 2.45. The zero-order valence-corrected chi connectivity index (χ0v) is 13.8. The maximum absolute atomic E-state index is 6.15. The molecule has 6 heteroatoms. The molecule has 2 N–H and O–H groups in total. The molecule has 6 nitrogen and oxygen atoms in total. The van der Waals surface area contributed by atoms with Crippen molar-refractivity contribution >= 4 is 0 Å². The van der Waals surface area contributed by atoms with E-state index in [1.54, 1.807) is 4.68 Å². The Bertz CT molecular complexity index is 641. The van der Waals surface area contributed by atoms with Gasteiger partial charge in [-0.05, 0) is 33.6 Å². The van der Waals surface area contributed by atoms with Crippen LogP contribution in [0.15, 0.2) is 0 Å². The Labute approximate surface area is 125 Å². The van der Waals surface area contributed by atoms with E-state index in [0.717, 1.165) is 47.1 Å². The topological polar surface area (TPSA) is 70.9 Å². The maximum atomic E-state index is 6.15. The van der Waals surface area contributed by atoms with Gasteiger partial charge < -0.3 is 10.5 Å². The molecule has 2 aromatic rings. The van der Waals surface area contributed by atoms with E-state index in [1.807, 2.05) is 39.5 Å². The minimum atomic E-state index is 0.117. The van der Waals surface area contributed by atoms with Crippen molar-refractivity contribution in [2.75, 3.05) is 0 Å². The first-order valence-electron chi connectivity index (χ1n) is 7.31. The predicted octanol–water partition coefficient (Wildman–Crippen LogP) is 2.15. The Morgan fingerprint density at radius 3 is 2.24 bits per heavy atom. The maximum Gasteiger partial charge on any atom is 0.221 e. The molecule has 1 atom stereocenters. The number of aryl methyl sites for hydroxylation is 4. The fourth-order valence-corrected chi connectivity index (χ4v) is 2.45. The second kappa shape index (κ2) is 5.89. The van der Waals surface area contributed by atoms with Gasteiger partial charge in [0.25, 0.3) is 0 Å². The van der Waals surface area contributed by atoms with Crippen LogP contribution in [0, 0.1) is 20.8 Å². The van der Waals surface area contributed by atoms with Gasteiger partial charge in [-0.3, -0.25) is 4.68 Å². The van der Waals surface area contributed by atoms with Crippen LogP contribution in [0.3, 0.4) is 0 Å².